The Hall–Kier alpha value is -1.81. The van der Waals surface area contributed by atoms with Crippen LogP contribution in [0.2, 0.25) is 0 Å². The topological polar surface area (TPSA) is 48.4 Å². The molecule has 0 spiro atoms. The fraction of sp³-hybridized carbons (Fsp3) is 0.357. The third kappa shape index (κ3) is 1.99. The Labute approximate surface area is 106 Å². The van der Waals surface area contributed by atoms with E-state index in [1.54, 1.807) is 12.1 Å². The zero-order chi connectivity index (χ0) is 12.5. The summed E-state index contributed by atoms with van der Waals surface area (Å²) < 4.78 is 0. The zero-order valence-corrected chi connectivity index (χ0v) is 10.4. The monoisotopic (exact) mass is 243 g/mol. The summed E-state index contributed by atoms with van der Waals surface area (Å²) in [6.45, 7) is 5.04. The van der Waals surface area contributed by atoms with E-state index in [1.165, 1.54) is 0 Å². The van der Waals surface area contributed by atoms with E-state index in [0.29, 0.717) is 11.8 Å². The molecule has 2 N–H and O–H groups in total. The number of rotatable bonds is 1. The van der Waals surface area contributed by atoms with Crippen LogP contribution in [0.5, 0.6) is 5.75 Å². The van der Waals surface area contributed by atoms with Gasteiger partial charge in [0, 0.05) is 37.3 Å². The maximum Gasteiger partial charge on any atom is 0.136 e. The molecule has 94 valence electrons. The smallest absolute Gasteiger partial charge is 0.136 e. The van der Waals surface area contributed by atoms with Crippen LogP contribution in [-0.4, -0.2) is 35.8 Å². The van der Waals surface area contributed by atoms with E-state index in [0.717, 1.165) is 36.2 Å². The average Bonchev–Trinajstić information content (AvgIpc) is 2.38. The van der Waals surface area contributed by atoms with Gasteiger partial charge < -0.3 is 15.3 Å². The molecule has 0 aliphatic carbocycles. The molecule has 1 aliphatic heterocycles. The molecular weight excluding hydrogens is 226 g/mol. The van der Waals surface area contributed by atoms with Crippen molar-refractivity contribution in [3.63, 3.8) is 0 Å². The molecule has 0 radical (unpaired) electrons. The van der Waals surface area contributed by atoms with Crippen LogP contribution in [-0.2, 0) is 0 Å². The van der Waals surface area contributed by atoms with E-state index in [9.17, 15) is 5.11 Å². The Bertz CT molecular complexity index is 570. The van der Waals surface area contributed by atoms with Gasteiger partial charge in [-0.2, -0.15) is 0 Å². The minimum Gasteiger partial charge on any atom is -0.508 e. The predicted octanol–water partition coefficient (Wildman–Crippen LogP) is 1.74. The highest BCUT2D eigenvalue weighted by Crippen LogP contribution is 2.28. The van der Waals surface area contributed by atoms with Crippen molar-refractivity contribution < 1.29 is 5.11 Å². The Balaban J connectivity index is 2.07. The zero-order valence-electron chi connectivity index (χ0n) is 10.4. The third-order valence-corrected chi connectivity index (χ3v) is 3.40. The fourth-order valence-corrected chi connectivity index (χ4v) is 2.52. The minimum absolute atomic E-state index is 0.292. The summed E-state index contributed by atoms with van der Waals surface area (Å²) in [6, 6.07) is 7.88. The number of aromatic hydroxyl groups is 1. The van der Waals surface area contributed by atoms with Gasteiger partial charge in [-0.3, -0.25) is 0 Å². The Morgan fingerprint density at radius 2 is 2.28 bits per heavy atom. The number of hydrogen-bond acceptors (Lipinski definition) is 4. The molecule has 4 nitrogen and oxygen atoms in total. The van der Waals surface area contributed by atoms with Crippen LogP contribution >= 0.6 is 0 Å². The summed E-state index contributed by atoms with van der Waals surface area (Å²) in [5, 5.41) is 15.2. The molecule has 1 aliphatic rings. The van der Waals surface area contributed by atoms with Crippen LogP contribution in [0, 0.1) is 0 Å². The van der Waals surface area contributed by atoms with Gasteiger partial charge in [-0.1, -0.05) is 6.07 Å². The van der Waals surface area contributed by atoms with Gasteiger partial charge in [0.15, 0.2) is 0 Å². The molecule has 1 atom stereocenters. The first-order chi connectivity index (χ1) is 8.74. The molecule has 0 bridgehead atoms. The van der Waals surface area contributed by atoms with Gasteiger partial charge in [0.25, 0.3) is 0 Å². The highest BCUT2D eigenvalue weighted by molar-refractivity contribution is 5.93. The van der Waals surface area contributed by atoms with Crippen LogP contribution in [0.1, 0.15) is 6.92 Å². The largest absolute Gasteiger partial charge is 0.508 e. The van der Waals surface area contributed by atoms with Crippen molar-refractivity contribution in [2.45, 2.75) is 13.0 Å². The van der Waals surface area contributed by atoms with Crippen LogP contribution < -0.4 is 10.2 Å². The minimum atomic E-state index is 0.292. The van der Waals surface area contributed by atoms with E-state index >= 15 is 0 Å². The van der Waals surface area contributed by atoms with E-state index in [4.69, 9.17) is 0 Å². The van der Waals surface area contributed by atoms with Crippen LogP contribution in [0.3, 0.4) is 0 Å². The molecule has 1 unspecified atom stereocenters. The van der Waals surface area contributed by atoms with Crippen LogP contribution in [0.4, 0.5) is 5.82 Å². The number of nitrogens with one attached hydrogen (secondary N) is 1. The van der Waals surface area contributed by atoms with Crippen molar-refractivity contribution in [2.24, 2.45) is 0 Å². The molecule has 3 rings (SSSR count). The number of pyridine rings is 1. The van der Waals surface area contributed by atoms with Gasteiger partial charge in [-0.25, -0.2) is 4.98 Å². The fourth-order valence-electron chi connectivity index (χ4n) is 2.52. The second-order valence-electron chi connectivity index (χ2n) is 4.84. The maximum absolute atomic E-state index is 9.65. The first-order valence-electron chi connectivity index (χ1n) is 6.30. The molecule has 1 aromatic heterocycles. The number of aromatic nitrogens is 1. The lowest BCUT2D eigenvalue weighted by molar-refractivity contribution is 0.475. The molecule has 0 amide bonds. The molecular formula is C14H17N3O. The number of phenols is 1. The van der Waals surface area contributed by atoms with Gasteiger partial charge in [0.05, 0.1) is 0 Å². The number of phenolic OH excluding ortho intramolecular Hbond substituents is 1. The second kappa shape index (κ2) is 4.46. The molecule has 1 aromatic carbocycles. The SMILES string of the molecule is CC1CN(c2nccc3ccc(O)cc23)CCN1. The molecule has 4 heteroatoms. The molecule has 2 aromatic rings. The summed E-state index contributed by atoms with van der Waals surface area (Å²) in [4.78, 5) is 6.77. The Morgan fingerprint density at radius 1 is 1.39 bits per heavy atom. The lowest BCUT2D eigenvalue weighted by Crippen LogP contribution is -2.49. The molecule has 2 heterocycles. The number of piperazine rings is 1. The van der Waals surface area contributed by atoms with Crippen LogP contribution in [0.25, 0.3) is 10.8 Å². The molecule has 1 fully saturated rings. The molecule has 1 saturated heterocycles. The van der Waals surface area contributed by atoms with Crippen molar-refractivity contribution >= 4 is 16.6 Å². The van der Waals surface area contributed by atoms with E-state index in [-0.39, 0.29) is 0 Å². The van der Waals surface area contributed by atoms with Gasteiger partial charge in [-0.05, 0) is 30.5 Å². The van der Waals surface area contributed by atoms with E-state index < -0.39 is 0 Å². The standard InChI is InChI=1S/C14H17N3O/c1-10-9-17(7-6-15-10)14-13-8-12(18)3-2-11(13)4-5-16-14/h2-5,8,10,15,18H,6-7,9H2,1H3. The Kier molecular flexibility index (Phi) is 2.80. The molecule has 18 heavy (non-hydrogen) atoms. The first-order valence-corrected chi connectivity index (χ1v) is 6.30. The second-order valence-corrected chi connectivity index (χ2v) is 4.84. The molecule has 0 saturated carbocycles. The summed E-state index contributed by atoms with van der Waals surface area (Å²) in [5.74, 6) is 1.26. The lowest BCUT2D eigenvalue weighted by atomic mass is 10.1. The van der Waals surface area contributed by atoms with Gasteiger partial charge in [0.1, 0.15) is 11.6 Å². The lowest BCUT2D eigenvalue weighted by Gasteiger charge is -2.33. The van der Waals surface area contributed by atoms with Crippen molar-refractivity contribution in [2.75, 3.05) is 24.5 Å². The number of hydrogen-bond donors (Lipinski definition) is 2. The van der Waals surface area contributed by atoms with E-state index in [1.807, 2.05) is 18.3 Å². The normalized spacial score (nSPS) is 20.3. The van der Waals surface area contributed by atoms with Crippen molar-refractivity contribution in [1.82, 2.24) is 10.3 Å². The quantitative estimate of drug-likeness (QED) is 0.801. The van der Waals surface area contributed by atoms with Crippen molar-refractivity contribution in [3.8, 4) is 5.75 Å². The summed E-state index contributed by atoms with van der Waals surface area (Å²) in [5.41, 5.74) is 0. The number of fused-ring (bicyclic) bond motifs is 1. The highest BCUT2D eigenvalue weighted by atomic mass is 16.3. The summed E-state index contributed by atoms with van der Waals surface area (Å²) >= 11 is 0. The summed E-state index contributed by atoms with van der Waals surface area (Å²) in [7, 11) is 0. The van der Waals surface area contributed by atoms with Gasteiger partial charge in [-0.15, -0.1) is 0 Å². The average molecular weight is 243 g/mol. The number of anilines is 1. The Morgan fingerprint density at radius 3 is 3.11 bits per heavy atom. The van der Waals surface area contributed by atoms with Gasteiger partial charge >= 0.3 is 0 Å². The number of nitrogens with zero attached hydrogens (tertiary/aromatic N) is 2. The predicted molar refractivity (Wildman–Crippen MR) is 73.1 cm³/mol. The number of benzene rings is 1. The highest BCUT2D eigenvalue weighted by Gasteiger charge is 2.18. The van der Waals surface area contributed by atoms with Crippen molar-refractivity contribution in [3.05, 3.63) is 30.5 Å². The summed E-state index contributed by atoms with van der Waals surface area (Å²) in [6.07, 6.45) is 1.83. The van der Waals surface area contributed by atoms with Gasteiger partial charge in [0.2, 0.25) is 0 Å². The maximum atomic E-state index is 9.65. The van der Waals surface area contributed by atoms with Crippen LogP contribution in [0.15, 0.2) is 30.5 Å². The first kappa shape index (κ1) is 11.3. The van der Waals surface area contributed by atoms with Crippen molar-refractivity contribution in [1.29, 1.82) is 0 Å². The van der Waals surface area contributed by atoms with E-state index in [2.05, 4.69) is 22.1 Å². The third-order valence-electron chi connectivity index (χ3n) is 3.40.